The molecule has 0 saturated heterocycles. The Morgan fingerprint density at radius 2 is 1.50 bits per heavy atom. The van der Waals surface area contributed by atoms with E-state index in [0.717, 1.165) is 23.7 Å². The first kappa shape index (κ1) is 10.1. The minimum atomic E-state index is 0.955. The average Bonchev–Trinajstić information content (AvgIpc) is 2.12. The maximum Gasteiger partial charge on any atom is -0.0412 e. The van der Waals surface area contributed by atoms with E-state index < -0.39 is 0 Å². The summed E-state index contributed by atoms with van der Waals surface area (Å²) in [7, 11) is 0. The summed E-state index contributed by atoms with van der Waals surface area (Å²) >= 11 is 0. The molecule has 0 aliphatic heterocycles. The van der Waals surface area contributed by atoms with Gasteiger partial charge >= 0.3 is 0 Å². The number of hydrogen-bond acceptors (Lipinski definition) is 0. The van der Waals surface area contributed by atoms with Crippen molar-refractivity contribution in [3.05, 3.63) is 0 Å². The van der Waals surface area contributed by atoms with Crippen molar-refractivity contribution < 1.29 is 0 Å². The predicted molar refractivity (Wildman–Crippen MR) is 55.1 cm³/mol. The second kappa shape index (κ2) is 4.30. The first-order valence-corrected chi connectivity index (χ1v) is 5.63. The Bertz CT molecular complexity index is 128. The summed E-state index contributed by atoms with van der Waals surface area (Å²) in [5.41, 5.74) is 0. The fraction of sp³-hybridized carbons (Fsp3) is 1.00. The van der Waals surface area contributed by atoms with Crippen LogP contribution < -0.4 is 0 Å². The molecular weight excluding hydrogens is 144 g/mol. The van der Waals surface area contributed by atoms with Gasteiger partial charge in [0, 0.05) is 0 Å². The van der Waals surface area contributed by atoms with Crippen molar-refractivity contribution in [1.82, 2.24) is 0 Å². The molecule has 0 nitrogen and oxygen atoms in total. The van der Waals surface area contributed by atoms with Crippen molar-refractivity contribution in [3.63, 3.8) is 0 Å². The van der Waals surface area contributed by atoms with E-state index >= 15 is 0 Å². The molecule has 0 aromatic heterocycles. The Kier molecular flexibility index (Phi) is 3.61. The summed E-state index contributed by atoms with van der Waals surface area (Å²) in [4.78, 5) is 0. The van der Waals surface area contributed by atoms with Gasteiger partial charge in [0.05, 0.1) is 0 Å². The SMILES string of the molecule is CC[C@@H]1CC(C)CC(C)C(C)C1. The topological polar surface area (TPSA) is 0 Å². The third-order valence-corrected chi connectivity index (χ3v) is 3.76. The Labute approximate surface area is 77.7 Å². The second-order valence-corrected chi connectivity index (χ2v) is 5.04. The van der Waals surface area contributed by atoms with E-state index in [4.69, 9.17) is 0 Å². The molecular formula is C12H24. The van der Waals surface area contributed by atoms with Crippen molar-refractivity contribution in [2.75, 3.05) is 0 Å². The van der Waals surface area contributed by atoms with Gasteiger partial charge in [0.2, 0.25) is 0 Å². The molecule has 0 amide bonds. The van der Waals surface area contributed by atoms with Crippen molar-refractivity contribution in [3.8, 4) is 0 Å². The Morgan fingerprint density at radius 3 is 2.08 bits per heavy atom. The van der Waals surface area contributed by atoms with Crippen LogP contribution in [0.25, 0.3) is 0 Å². The summed E-state index contributed by atoms with van der Waals surface area (Å²) in [5, 5.41) is 0. The average molecular weight is 168 g/mol. The summed E-state index contributed by atoms with van der Waals surface area (Å²) in [6.07, 6.45) is 5.80. The smallest absolute Gasteiger partial charge is 0.0412 e. The van der Waals surface area contributed by atoms with Gasteiger partial charge in [-0.1, -0.05) is 34.1 Å². The van der Waals surface area contributed by atoms with Gasteiger partial charge in [-0.2, -0.15) is 0 Å². The molecule has 12 heavy (non-hydrogen) atoms. The third-order valence-electron chi connectivity index (χ3n) is 3.76. The molecule has 1 aliphatic rings. The van der Waals surface area contributed by atoms with Crippen molar-refractivity contribution in [2.45, 2.75) is 53.4 Å². The van der Waals surface area contributed by atoms with Crippen LogP contribution in [0.5, 0.6) is 0 Å². The summed E-state index contributed by atoms with van der Waals surface area (Å²) in [6.45, 7) is 9.64. The second-order valence-electron chi connectivity index (χ2n) is 5.04. The molecule has 0 heteroatoms. The van der Waals surface area contributed by atoms with Gasteiger partial charge in [0.25, 0.3) is 0 Å². The molecule has 4 atom stereocenters. The van der Waals surface area contributed by atoms with Crippen LogP contribution in [0.1, 0.15) is 53.4 Å². The van der Waals surface area contributed by atoms with Crippen molar-refractivity contribution >= 4 is 0 Å². The minimum absolute atomic E-state index is 0.955. The van der Waals surface area contributed by atoms with E-state index in [2.05, 4.69) is 27.7 Å². The van der Waals surface area contributed by atoms with Crippen LogP contribution >= 0.6 is 0 Å². The van der Waals surface area contributed by atoms with E-state index in [9.17, 15) is 0 Å². The van der Waals surface area contributed by atoms with Crippen LogP contribution in [-0.2, 0) is 0 Å². The Hall–Kier alpha value is 0. The standard InChI is InChI=1S/C12H24/c1-5-12-7-9(2)6-10(3)11(4)8-12/h9-12H,5-8H2,1-4H3/t9?,10?,11?,12-/m1/s1. The monoisotopic (exact) mass is 168 g/mol. The van der Waals surface area contributed by atoms with Gasteiger partial charge in [-0.15, -0.1) is 0 Å². The van der Waals surface area contributed by atoms with Crippen LogP contribution in [-0.4, -0.2) is 0 Å². The van der Waals surface area contributed by atoms with Gasteiger partial charge in [0.15, 0.2) is 0 Å². The largest absolute Gasteiger partial charge is 0.0651 e. The molecule has 3 unspecified atom stereocenters. The molecule has 0 radical (unpaired) electrons. The lowest BCUT2D eigenvalue weighted by atomic mass is 9.88. The van der Waals surface area contributed by atoms with E-state index in [1.54, 1.807) is 0 Å². The third kappa shape index (κ3) is 2.50. The first-order valence-electron chi connectivity index (χ1n) is 5.63. The maximum absolute atomic E-state index is 2.44. The number of hydrogen-bond donors (Lipinski definition) is 0. The van der Waals surface area contributed by atoms with Gasteiger partial charge < -0.3 is 0 Å². The quantitative estimate of drug-likeness (QED) is 0.517. The fourth-order valence-corrected chi connectivity index (χ4v) is 2.72. The van der Waals surface area contributed by atoms with Crippen LogP contribution in [0.3, 0.4) is 0 Å². The summed E-state index contributed by atoms with van der Waals surface area (Å²) in [6, 6.07) is 0. The molecule has 1 saturated carbocycles. The van der Waals surface area contributed by atoms with E-state index in [1.807, 2.05) is 0 Å². The molecule has 0 N–H and O–H groups in total. The molecule has 0 spiro atoms. The van der Waals surface area contributed by atoms with Crippen LogP contribution in [0, 0.1) is 23.7 Å². The van der Waals surface area contributed by atoms with Gasteiger partial charge in [-0.25, -0.2) is 0 Å². The molecule has 1 aliphatic carbocycles. The first-order chi connectivity index (χ1) is 5.63. The lowest BCUT2D eigenvalue weighted by Gasteiger charge is -2.18. The lowest BCUT2D eigenvalue weighted by Crippen LogP contribution is -2.08. The Balaban J connectivity index is 2.53. The normalized spacial score (nSPS) is 44.0. The zero-order valence-corrected chi connectivity index (χ0v) is 9.14. The molecule has 0 aromatic carbocycles. The Morgan fingerprint density at radius 1 is 0.917 bits per heavy atom. The minimum Gasteiger partial charge on any atom is -0.0651 e. The fourth-order valence-electron chi connectivity index (χ4n) is 2.72. The maximum atomic E-state index is 2.44. The van der Waals surface area contributed by atoms with Crippen molar-refractivity contribution in [1.29, 1.82) is 0 Å². The molecule has 1 rings (SSSR count). The highest BCUT2D eigenvalue weighted by molar-refractivity contribution is 4.75. The summed E-state index contributed by atoms with van der Waals surface area (Å²) in [5.74, 6) is 3.89. The number of rotatable bonds is 1. The van der Waals surface area contributed by atoms with Gasteiger partial charge in [0.1, 0.15) is 0 Å². The lowest BCUT2D eigenvalue weighted by molar-refractivity contribution is 0.325. The van der Waals surface area contributed by atoms with Gasteiger partial charge in [-0.3, -0.25) is 0 Å². The molecule has 0 aromatic rings. The van der Waals surface area contributed by atoms with Crippen LogP contribution in [0.4, 0.5) is 0 Å². The highest BCUT2D eigenvalue weighted by atomic mass is 14.3. The van der Waals surface area contributed by atoms with Crippen molar-refractivity contribution in [2.24, 2.45) is 23.7 Å². The summed E-state index contributed by atoms with van der Waals surface area (Å²) < 4.78 is 0. The highest BCUT2D eigenvalue weighted by Gasteiger charge is 2.24. The molecule has 72 valence electrons. The molecule has 1 fully saturated rings. The zero-order valence-electron chi connectivity index (χ0n) is 9.14. The van der Waals surface area contributed by atoms with E-state index in [-0.39, 0.29) is 0 Å². The van der Waals surface area contributed by atoms with Crippen LogP contribution in [0.15, 0.2) is 0 Å². The zero-order chi connectivity index (χ0) is 9.14. The molecule has 0 bridgehead atoms. The van der Waals surface area contributed by atoms with Crippen LogP contribution in [0.2, 0.25) is 0 Å². The van der Waals surface area contributed by atoms with E-state index in [0.29, 0.717) is 0 Å². The predicted octanol–water partition coefficient (Wildman–Crippen LogP) is 4.10. The van der Waals surface area contributed by atoms with Gasteiger partial charge in [-0.05, 0) is 42.9 Å². The van der Waals surface area contributed by atoms with E-state index in [1.165, 1.54) is 25.7 Å². The molecule has 0 heterocycles. The highest BCUT2D eigenvalue weighted by Crippen LogP contribution is 2.35.